The Morgan fingerprint density at radius 2 is 1.87 bits per heavy atom. The Bertz CT molecular complexity index is 874. The molecule has 4 N–H and O–H groups in total. The standard InChI is InChI=1S/C17H16FN5/c18-15-5-2-12(3-6-15)11-23-8-7-14-4-1-13(9-16(14)23)10-21-22-17(19)20/h1-10H,11H2,(H4,19,20,22). The Morgan fingerprint density at radius 3 is 2.61 bits per heavy atom. The second-order valence-electron chi connectivity index (χ2n) is 5.16. The summed E-state index contributed by atoms with van der Waals surface area (Å²) in [6, 6.07) is 14.5. The van der Waals surface area contributed by atoms with Gasteiger partial charge in [0.15, 0.2) is 0 Å². The molecule has 3 aromatic rings. The Balaban J connectivity index is 1.90. The Kier molecular flexibility index (Phi) is 4.05. The van der Waals surface area contributed by atoms with Gasteiger partial charge in [0, 0.05) is 18.3 Å². The van der Waals surface area contributed by atoms with E-state index < -0.39 is 0 Å². The summed E-state index contributed by atoms with van der Waals surface area (Å²) in [6.45, 7) is 0.665. The van der Waals surface area contributed by atoms with Gasteiger partial charge in [-0.3, -0.25) is 0 Å². The fraction of sp³-hybridized carbons (Fsp3) is 0.0588. The van der Waals surface area contributed by atoms with Gasteiger partial charge in [-0.2, -0.15) is 5.10 Å². The Morgan fingerprint density at radius 1 is 1.09 bits per heavy atom. The zero-order valence-corrected chi connectivity index (χ0v) is 12.4. The summed E-state index contributed by atoms with van der Waals surface area (Å²) in [5.41, 5.74) is 13.4. The first kappa shape index (κ1) is 14.8. The van der Waals surface area contributed by atoms with E-state index in [1.54, 1.807) is 18.3 Å². The van der Waals surface area contributed by atoms with E-state index in [9.17, 15) is 4.39 Å². The third-order valence-corrected chi connectivity index (χ3v) is 3.44. The Hall–Kier alpha value is -3.15. The quantitative estimate of drug-likeness (QED) is 0.441. The van der Waals surface area contributed by atoms with E-state index in [1.807, 2.05) is 30.5 Å². The molecule has 23 heavy (non-hydrogen) atoms. The average Bonchev–Trinajstić information content (AvgIpc) is 2.92. The number of fused-ring (bicyclic) bond motifs is 1. The van der Waals surface area contributed by atoms with Crippen molar-refractivity contribution in [3.8, 4) is 0 Å². The van der Waals surface area contributed by atoms with Crippen LogP contribution >= 0.6 is 0 Å². The molecule has 0 saturated heterocycles. The molecular formula is C17H16FN5. The molecule has 1 aromatic heterocycles. The van der Waals surface area contributed by atoms with Crippen molar-refractivity contribution in [1.82, 2.24) is 4.57 Å². The lowest BCUT2D eigenvalue weighted by molar-refractivity contribution is 0.626. The molecule has 2 aromatic carbocycles. The highest BCUT2D eigenvalue weighted by Crippen LogP contribution is 2.18. The van der Waals surface area contributed by atoms with E-state index in [-0.39, 0.29) is 11.8 Å². The number of hydrogen-bond donors (Lipinski definition) is 2. The van der Waals surface area contributed by atoms with Crippen LogP contribution in [0, 0.1) is 5.82 Å². The largest absolute Gasteiger partial charge is 0.369 e. The molecule has 0 amide bonds. The first-order valence-corrected chi connectivity index (χ1v) is 7.07. The van der Waals surface area contributed by atoms with Gasteiger partial charge in [-0.1, -0.05) is 24.3 Å². The first-order valence-electron chi connectivity index (χ1n) is 7.07. The summed E-state index contributed by atoms with van der Waals surface area (Å²) in [5, 5.41) is 8.52. The highest BCUT2D eigenvalue weighted by Gasteiger charge is 2.03. The molecule has 3 rings (SSSR count). The monoisotopic (exact) mass is 309 g/mol. The average molecular weight is 309 g/mol. The molecule has 0 radical (unpaired) electrons. The number of halogens is 1. The van der Waals surface area contributed by atoms with E-state index >= 15 is 0 Å². The maximum absolute atomic E-state index is 13.0. The summed E-state index contributed by atoms with van der Waals surface area (Å²) < 4.78 is 15.1. The fourth-order valence-corrected chi connectivity index (χ4v) is 2.37. The van der Waals surface area contributed by atoms with Gasteiger partial charge >= 0.3 is 0 Å². The summed E-state index contributed by atoms with van der Waals surface area (Å²) in [4.78, 5) is 0. The zero-order valence-electron chi connectivity index (χ0n) is 12.4. The summed E-state index contributed by atoms with van der Waals surface area (Å²) in [6.07, 6.45) is 3.60. The highest BCUT2D eigenvalue weighted by atomic mass is 19.1. The topological polar surface area (TPSA) is 81.7 Å². The van der Waals surface area contributed by atoms with Crippen molar-refractivity contribution < 1.29 is 4.39 Å². The molecule has 0 aliphatic heterocycles. The van der Waals surface area contributed by atoms with E-state index in [4.69, 9.17) is 11.5 Å². The summed E-state index contributed by atoms with van der Waals surface area (Å²) in [7, 11) is 0. The van der Waals surface area contributed by atoms with Crippen molar-refractivity contribution in [3.63, 3.8) is 0 Å². The molecule has 0 fully saturated rings. The molecular weight excluding hydrogens is 293 g/mol. The lowest BCUT2D eigenvalue weighted by atomic mass is 10.1. The molecule has 6 heteroatoms. The van der Waals surface area contributed by atoms with Gasteiger partial charge in [0.1, 0.15) is 5.82 Å². The number of hydrogen-bond acceptors (Lipinski definition) is 2. The maximum Gasteiger partial charge on any atom is 0.211 e. The minimum absolute atomic E-state index is 0.0815. The van der Waals surface area contributed by atoms with Gasteiger partial charge in [-0.05, 0) is 40.8 Å². The van der Waals surface area contributed by atoms with Gasteiger partial charge in [0.05, 0.1) is 6.21 Å². The third kappa shape index (κ3) is 3.55. The lowest BCUT2D eigenvalue weighted by Crippen LogP contribution is -2.21. The zero-order chi connectivity index (χ0) is 16.2. The van der Waals surface area contributed by atoms with E-state index in [1.165, 1.54) is 12.1 Å². The van der Waals surface area contributed by atoms with Crippen LogP contribution in [-0.2, 0) is 6.54 Å². The van der Waals surface area contributed by atoms with Crippen LogP contribution in [0.25, 0.3) is 10.9 Å². The van der Waals surface area contributed by atoms with Crippen LogP contribution in [0.15, 0.2) is 64.9 Å². The predicted molar refractivity (Wildman–Crippen MR) is 90.8 cm³/mol. The second kappa shape index (κ2) is 6.31. The molecule has 0 bridgehead atoms. The van der Waals surface area contributed by atoms with Gasteiger partial charge in [-0.25, -0.2) is 4.39 Å². The first-order chi connectivity index (χ1) is 11.1. The molecule has 0 unspecified atom stereocenters. The van der Waals surface area contributed by atoms with Crippen LogP contribution in [0.4, 0.5) is 4.39 Å². The number of nitrogens with two attached hydrogens (primary N) is 2. The minimum Gasteiger partial charge on any atom is -0.369 e. The van der Waals surface area contributed by atoms with Crippen LogP contribution in [0.1, 0.15) is 11.1 Å². The van der Waals surface area contributed by atoms with Gasteiger partial charge in [0.2, 0.25) is 5.96 Å². The Labute approximate surface area is 132 Å². The van der Waals surface area contributed by atoms with Crippen molar-refractivity contribution in [2.24, 2.45) is 21.7 Å². The van der Waals surface area contributed by atoms with Gasteiger partial charge < -0.3 is 16.0 Å². The van der Waals surface area contributed by atoms with Crippen LogP contribution in [0.5, 0.6) is 0 Å². The molecule has 0 saturated carbocycles. The van der Waals surface area contributed by atoms with Gasteiger partial charge in [-0.15, -0.1) is 5.10 Å². The maximum atomic E-state index is 13.0. The third-order valence-electron chi connectivity index (χ3n) is 3.44. The normalized spacial score (nSPS) is 11.2. The second-order valence-corrected chi connectivity index (χ2v) is 5.16. The van der Waals surface area contributed by atoms with E-state index in [0.717, 1.165) is 22.0 Å². The lowest BCUT2D eigenvalue weighted by Gasteiger charge is -2.06. The van der Waals surface area contributed by atoms with Crippen LogP contribution in [0.2, 0.25) is 0 Å². The van der Waals surface area contributed by atoms with Crippen LogP contribution in [-0.4, -0.2) is 16.7 Å². The fourth-order valence-electron chi connectivity index (χ4n) is 2.37. The predicted octanol–water partition coefficient (Wildman–Crippen LogP) is 2.44. The number of nitrogens with zero attached hydrogens (tertiary/aromatic N) is 3. The van der Waals surface area contributed by atoms with Crippen molar-refractivity contribution in [3.05, 3.63) is 71.7 Å². The number of aromatic nitrogens is 1. The smallest absolute Gasteiger partial charge is 0.211 e. The van der Waals surface area contributed by atoms with E-state index in [0.29, 0.717) is 6.54 Å². The molecule has 0 atom stereocenters. The molecule has 0 aliphatic carbocycles. The summed E-state index contributed by atoms with van der Waals surface area (Å²) in [5.74, 6) is -0.314. The van der Waals surface area contributed by atoms with Crippen molar-refractivity contribution in [1.29, 1.82) is 0 Å². The highest BCUT2D eigenvalue weighted by molar-refractivity contribution is 5.89. The van der Waals surface area contributed by atoms with Crippen LogP contribution < -0.4 is 11.5 Å². The van der Waals surface area contributed by atoms with Gasteiger partial charge in [0.25, 0.3) is 0 Å². The number of rotatable bonds is 4. The van der Waals surface area contributed by atoms with Crippen molar-refractivity contribution in [2.45, 2.75) is 6.54 Å². The number of benzene rings is 2. The molecule has 116 valence electrons. The van der Waals surface area contributed by atoms with E-state index in [2.05, 4.69) is 14.8 Å². The molecule has 0 spiro atoms. The minimum atomic E-state index is -0.232. The summed E-state index contributed by atoms with van der Waals surface area (Å²) >= 11 is 0. The van der Waals surface area contributed by atoms with Crippen molar-refractivity contribution in [2.75, 3.05) is 0 Å². The van der Waals surface area contributed by atoms with Crippen molar-refractivity contribution >= 4 is 23.1 Å². The molecule has 1 heterocycles. The SMILES string of the molecule is NC(N)=NN=Cc1ccc2ccn(Cc3ccc(F)cc3)c2c1. The molecule has 0 aliphatic rings. The van der Waals surface area contributed by atoms with Crippen LogP contribution in [0.3, 0.4) is 0 Å². The molecule has 5 nitrogen and oxygen atoms in total. The number of guanidine groups is 1.